The van der Waals surface area contributed by atoms with E-state index in [1.165, 1.54) is 0 Å². The van der Waals surface area contributed by atoms with E-state index in [1.54, 1.807) is 12.4 Å². The Morgan fingerprint density at radius 1 is 1.43 bits per heavy atom. The van der Waals surface area contributed by atoms with Crippen LogP contribution in [-0.4, -0.2) is 34.2 Å². The Labute approximate surface area is 131 Å². The van der Waals surface area contributed by atoms with Crippen molar-refractivity contribution in [2.75, 3.05) is 0 Å². The summed E-state index contributed by atoms with van der Waals surface area (Å²) in [6.45, 7) is 4.49. The summed E-state index contributed by atoms with van der Waals surface area (Å²) in [6.07, 6.45) is -0.743. The summed E-state index contributed by atoms with van der Waals surface area (Å²) in [5, 5.41) is 9.94. The normalized spacial score (nSPS) is 13.3. The van der Waals surface area contributed by atoms with Crippen LogP contribution in [0, 0.1) is 5.92 Å². The lowest BCUT2D eigenvalue weighted by Crippen LogP contribution is -2.44. The molecule has 0 aliphatic heterocycles. The van der Waals surface area contributed by atoms with Crippen molar-refractivity contribution in [3.63, 3.8) is 0 Å². The number of carboxylic acids is 1. The summed E-state index contributed by atoms with van der Waals surface area (Å²) >= 11 is 0. The highest BCUT2D eigenvalue weighted by molar-refractivity contribution is 5.81. The lowest BCUT2D eigenvalue weighted by molar-refractivity contribution is -0.192. The quantitative estimate of drug-likeness (QED) is 0.759. The lowest BCUT2D eigenvalue weighted by atomic mass is 9.99. The second-order valence-corrected chi connectivity index (χ2v) is 4.79. The topological polar surface area (TPSA) is 105 Å². The smallest absolute Gasteiger partial charge is 0.475 e. The summed E-state index contributed by atoms with van der Waals surface area (Å²) in [7, 11) is 0. The molecule has 2 unspecified atom stereocenters. The lowest BCUT2D eigenvalue weighted by Gasteiger charge is -2.17. The van der Waals surface area contributed by atoms with E-state index in [2.05, 4.69) is 10.3 Å². The van der Waals surface area contributed by atoms with Crippen molar-refractivity contribution in [2.45, 2.75) is 39.0 Å². The number of nitrogens with zero attached hydrogens (tertiary/aromatic N) is 1. The number of carbonyl (C=O) groups is 2. The Hall–Kier alpha value is -2.16. The van der Waals surface area contributed by atoms with Crippen molar-refractivity contribution < 1.29 is 27.9 Å². The van der Waals surface area contributed by atoms with Gasteiger partial charge in [-0.25, -0.2) is 4.79 Å². The maximum Gasteiger partial charge on any atom is 0.490 e. The van der Waals surface area contributed by atoms with E-state index in [1.807, 2.05) is 26.0 Å². The largest absolute Gasteiger partial charge is 0.490 e. The molecule has 0 spiro atoms. The van der Waals surface area contributed by atoms with Crippen LogP contribution in [0.2, 0.25) is 0 Å². The number of aliphatic carboxylic acids is 1. The number of hydrogen-bond acceptors (Lipinski definition) is 4. The highest BCUT2D eigenvalue weighted by Crippen LogP contribution is 2.13. The van der Waals surface area contributed by atoms with E-state index >= 15 is 0 Å². The standard InChI is InChI=1S/C12H19N3O.C2HF3O2/c1-3-9(2)11(13)12(16)15-8-10-5-4-6-14-7-10;3-2(4,5)1(6)7/h4-7,9,11H,3,8,13H2,1-2H3,(H,15,16);(H,6,7). The second kappa shape index (κ2) is 9.78. The molecule has 1 aromatic rings. The molecule has 0 bridgehead atoms. The maximum atomic E-state index is 11.7. The molecule has 0 aliphatic carbocycles. The number of carboxylic acid groups (broad SMARTS) is 1. The molecule has 1 heterocycles. The van der Waals surface area contributed by atoms with E-state index in [0.717, 1.165) is 12.0 Å². The van der Waals surface area contributed by atoms with E-state index in [-0.39, 0.29) is 11.8 Å². The molecule has 23 heavy (non-hydrogen) atoms. The predicted octanol–water partition coefficient (Wildman–Crippen LogP) is 1.70. The molecule has 0 saturated heterocycles. The summed E-state index contributed by atoms with van der Waals surface area (Å²) in [4.78, 5) is 24.5. The van der Waals surface area contributed by atoms with Crippen LogP contribution >= 0.6 is 0 Å². The van der Waals surface area contributed by atoms with Gasteiger partial charge >= 0.3 is 12.1 Å². The van der Waals surface area contributed by atoms with Crippen LogP contribution in [0.1, 0.15) is 25.8 Å². The third-order valence-electron chi connectivity index (χ3n) is 2.99. The van der Waals surface area contributed by atoms with Crippen molar-refractivity contribution in [1.82, 2.24) is 10.3 Å². The molecule has 6 nitrogen and oxygen atoms in total. The molecule has 0 aliphatic rings. The van der Waals surface area contributed by atoms with Gasteiger partial charge in [-0.05, 0) is 17.5 Å². The van der Waals surface area contributed by atoms with Gasteiger partial charge in [0.25, 0.3) is 0 Å². The van der Waals surface area contributed by atoms with Crippen molar-refractivity contribution in [3.05, 3.63) is 30.1 Å². The number of halogens is 3. The van der Waals surface area contributed by atoms with Crippen molar-refractivity contribution in [1.29, 1.82) is 0 Å². The molecule has 1 aromatic heterocycles. The van der Waals surface area contributed by atoms with Gasteiger partial charge in [-0.15, -0.1) is 0 Å². The van der Waals surface area contributed by atoms with E-state index in [9.17, 15) is 18.0 Å². The zero-order chi connectivity index (χ0) is 18.0. The monoisotopic (exact) mass is 335 g/mol. The number of carbonyl (C=O) groups excluding carboxylic acids is 1. The number of hydrogen-bond donors (Lipinski definition) is 3. The average molecular weight is 335 g/mol. The minimum Gasteiger partial charge on any atom is -0.475 e. The Morgan fingerprint density at radius 3 is 2.39 bits per heavy atom. The van der Waals surface area contributed by atoms with Gasteiger partial charge < -0.3 is 16.2 Å². The van der Waals surface area contributed by atoms with Gasteiger partial charge in [-0.1, -0.05) is 26.3 Å². The molecule has 9 heteroatoms. The van der Waals surface area contributed by atoms with Gasteiger partial charge in [0.1, 0.15) is 0 Å². The van der Waals surface area contributed by atoms with Crippen molar-refractivity contribution >= 4 is 11.9 Å². The van der Waals surface area contributed by atoms with Gasteiger partial charge in [0.05, 0.1) is 6.04 Å². The van der Waals surface area contributed by atoms with Gasteiger partial charge in [0.15, 0.2) is 0 Å². The zero-order valence-electron chi connectivity index (χ0n) is 12.8. The summed E-state index contributed by atoms with van der Waals surface area (Å²) in [5.41, 5.74) is 6.79. The predicted molar refractivity (Wildman–Crippen MR) is 77.2 cm³/mol. The van der Waals surface area contributed by atoms with Crippen molar-refractivity contribution in [3.8, 4) is 0 Å². The Kier molecular flexibility index (Phi) is 8.86. The fourth-order valence-electron chi connectivity index (χ4n) is 1.32. The number of pyridine rings is 1. The maximum absolute atomic E-state index is 11.7. The van der Waals surface area contributed by atoms with Crippen LogP contribution in [0.3, 0.4) is 0 Å². The van der Waals surface area contributed by atoms with Gasteiger partial charge in [0, 0.05) is 18.9 Å². The molecule has 2 atom stereocenters. The summed E-state index contributed by atoms with van der Waals surface area (Å²) in [5.74, 6) is -2.65. The van der Waals surface area contributed by atoms with Crippen LogP contribution in [-0.2, 0) is 16.1 Å². The SMILES string of the molecule is CCC(C)C(N)C(=O)NCc1cccnc1.O=C(O)C(F)(F)F. The van der Waals surface area contributed by atoms with Gasteiger partial charge in [0.2, 0.25) is 5.91 Å². The molecule has 0 saturated carbocycles. The minimum absolute atomic E-state index is 0.0989. The molecule has 1 amide bonds. The number of amides is 1. The fourth-order valence-corrected chi connectivity index (χ4v) is 1.32. The van der Waals surface area contributed by atoms with Crippen LogP contribution in [0.4, 0.5) is 13.2 Å². The first-order chi connectivity index (χ1) is 10.6. The van der Waals surface area contributed by atoms with Gasteiger partial charge in [-0.3, -0.25) is 9.78 Å². The first-order valence-electron chi connectivity index (χ1n) is 6.81. The van der Waals surface area contributed by atoms with Crippen LogP contribution in [0.25, 0.3) is 0 Å². The van der Waals surface area contributed by atoms with E-state index in [4.69, 9.17) is 15.6 Å². The molecule has 0 aromatic carbocycles. The number of rotatable bonds is 5. The van der Waals surface area contributed by atoms with Crippen LogP contribution in [0.5, 0.6) is 0 Å². The van der Waals surface area contributed by atoms with Gasteiger partial charge in [-0.2, -0.15) is 13.2 Å². The minimum atomic E-state index is -5.08. The zero-order valence-corrected chi connectivity index (χ0v) is 12.8. The van der Waals surface area contributed by atoms with E-state index in [0.29, 0.717) is 6.54 Å². The molecular weight excluding hydrogens is 315 g/mol. The fraction of sp³-hybridized carbons (Fsp3) is 0.500. The molecule has 1 rings (SSSR count). The molecule has 0 radical (unpaired) electrons. The molecule has 4 N–H and O–H groups in total. The number of aromatic nitrogens is 1. The average Bonchev–Trinajstić information content (AvgIpc) is 2.51. The highest BCUT2D eigenvalue weighted by Gasteiger charge is 2.38. The summed E-state index contributed by atoms with van der Waals surface area (Å²) in [6, 6.07) is 3.33. The third kappa shape index (κ3) is 8.77. The molecular formula is C14H20F3N3O3. The number of nitrogens with two attached hydrogens (primary N) is 1. The Morgan fingerprint density at radius 2 is 2.00 bits per heavy atom. The first-order valence-corrected chi connectivity index (χ1v) is 6.81. The first kappa shape index (κ1) is 20.8. The molecule has 0 fully saturated rings. The Bertz CT molecular complexity index is 495. The second-order valence-electron chi connectivity index (χ2n) is 4.79. The highest BCUT2D eigenvalue weighted by atomic mass is 19.4. The number of nitrogens with one attached hydrogen (secondary N) is 1. The van der Waals surface area contributed by atoms with Crippen LogP contribution in [0.15, 0.2) is 24.5 Å². The Balaban J connectivity index is 0.000000585. The molecule has 130 valence electrons. The van der Waals surface area contributed by atoms with E-state index < -0.39 is 18.2 Å². The number of alkyl halides is 3. The third-order valence-corrected chi connectivity index (χ3v) is 2.99. The van der Waals surface area contributed by atoms with Crippen molar-refractivity contribution in [2.24, 2.45) is 11.7 Å². The van der Waals surface area contributed by atoms with Crippen LogP contribution < -0.4 is 11.1 Å². The summed E-state index contributed by atoms with van der Waals surface area (Å²) < 4.78 is 31.7.